The Balaban J connectivity index is 2.19. The Hall–Kier alpha value is -1.38. The van der Waals surface area contributed by atoms with Gasteiger partial charge in [-0.15, -0.1) is 0 Å². The Kier molecular flexibility index (Phi) is 4.00. The van der Waals surface area contributed by atoms with Crippen molar-refractivity contribution in [1.29, 1.82) is 0 Å². The summed E-state index contributed by atoms with van der Waals surface area (Å²) >= 11 is 6.07. The highest BCUT2D eigenvalue weighted by Gasteiger charge is 2.12. The van der Waals surface area contributed by atoms with E-state index in [4.69, 9.17) is 11.6 Å². The van der Waals surface area contributed by atoms with Crippen LogP contribution in [0.2, 0.25) is 5.02 Å². The fourth-order valence-electron chi connectivity index (χ4n) is 1.85. The number of aromatic nitrogens is 1. The summed E-state index contributed by atoms with van der Waals surface area (Å²) in [7, 11) is 0. The van der Waals surface area contributed by atoms with Crippen molar-refractivity contribution >= 4 is 11.6 Å². The number of pyridine rings is 1. The maximum Gasteiger partial charge on any atom is 0.0846 e. The van der Waals surface area contributed by atoms with E-state index < -0.39 is 6.10 Å². The number of rotatable bonds is 3. The van der Waals surface area contributed by atoms with Gasteiger partial charge in [0, 0.05) is 23.3 Å². The van der Waals surface area contributed by atoms with Crippen molar-refractivity contribution in [3.63, 3.8) is 0 Å². The first-order valence-electron chi connectivity index (χ1n) is 5.92. The van der Waals surface area contributed by atoms with Gasteiger partial charge in [-0.25, -0.2) is 0 Å². The van der Waals surface area contributed by atoms with Crippen molar-refractivity contribution in [3.8, 4) is 0 Å². The molecule has 2 rings (SSSR count). The normalized spacial score (nSPS) is 12.4. The Bertz CT molecular complexity index is 554. The average Bonchev–Trinajstić information content (AvgIpc) is 2.35. The molecule has 0 amide bonds. The molecule has 0 aliphatic rings. The predicted octanol–water partition coefficient (Wildman–Crippen LogP) is 3.63. The van der Waals surface area contributed by atoms with Gasteiger partial charge in [0.15, 0.2) is 0 Å². The van der Waals surface area contributed by atoms with E-state index in [0.717, 1.165) is 22.4 Å². The van der Waals surface area contributed by atoms with E-state index in [9.17, 15) is 5.11 Å². The van der Waals surface area contributed by atoms with Gasteiger partial charge in [-0.2, -0.15) is 0 Å². The molecule has 1 aromatic heterocycles. The summed E-state index contributed by atoms with van der Waals surface area (Å²) in [6.45, 7) is 3.94. The molecule has 1 N–H and O–H groups in total. The molecule has 3 heteroatoms. The highest BCUT2D eigenvalue weighted by Crippen LogP contribution is 2.24. The lowest BCUT2D eigenvalue weighted by atomic mass is 10.0. The van der Waals surface area contributed by atoms with Gasteiger partial charge in [0.25, 0.3) is 0 Å². The minimum atomic E-state index is -0.573. The van der Waals surface area contributed by atoms with Gasteiger partial charge in [0.2, 0.25) is 0 Å². The third-order valence-electron chi connectivity index (χ3n) is 3.09. The van der Waals surface area contributed by atoms with Gasteiger partial charge in [-0.05, 0) is 42.7 Å². The monoisotopic (exact) mass is 261 g/mol. The van der Waals surface area contributed by atoms with Crippen LogP contribution in [-0.2, 0) is 6.42 Å². The lowest BCUT2D eigenvalue weighted by molar-refractivity contribution is 0.177. The van der Waals surface area contributed by atoms with Crippen LogP contribution in [0, 0.1) is 13.8 Å². The Morgan fingerprint density at radius 1 is 1.22 bits per heavy atom. The number of aliphatic hydroxyl groups is 1. The highest BCUT2D eigenvalue weighted by molar-refractivity contribution is 6.31. The summed E-state index contributed by atoms with van der Waals surface area (Å²) in [5.74, 6) is 0. The number of aliphatic hydroxyl groups excluding tert-OH is 1. The van der Waals surface area contributed by atoms with Crippen molar-refractivity contribution in [3.05, 3.63) is 63.9 Å². The number of hydrogen-bond donors (Lipinski definition) is 1. The third-order valence-corrected chi connectivity index (χ3v) is 3.49. The van der Waals surface area contributed by atoms with Crippen molar-refractivity contribution in [2.24, 2.45) is 0 Å². The van der Waals surface area contributed by atoms with E-state index >= 15 is 0 Å². The van der Waals surface area contributed by atoms with Gasteiger partial charge < -0.3 is 5.11 Å². The van der Waals surface area contributed by atoms with E-state index in [1.165, 1.54) is 0 Å². The summed E-state index contributed by atoms with van der Waals surface area (Å²) in [5.41, 5.74) is 3.86. The van der Waals surface area contributed by atoms with E-state index in [0.29, 0.717) is 11.4 Å². The Labute approximate surface area is 112 Å². The molecule has 0 saturated carbocycles. The molecular formula is C15H16ClNO. The second kappa shape index (κ2) is 5.51. The first-order chi connectivity index (χ1) is 8.58. The molecule has 1 atom stereocenters. The molecule has 0 saturated heterocycles. The van der Waals surface area contributed by atoms with Gasteiger partial charge in [0.1, 0.15) is 0 Å². The zero-order chi connectivity index (χ0) is 13.1. The summed E-state index contributed by atoms with van der Waals surface area (Å²) in [6.07, 6.45) is 1.68. The van der Waals surface area contributed by atoms with E-state index in [1.54, 1.807) is 6.20 Å². The zero-order valence-corrected chi connectivity index (χ0v) is 11.3. The van der Waals surface area contributed by atoms with Crippen LogP contribution in [0.15, 0.2) is 36.5 Å². The van der Waals surface area contributed by atoms with Gasteiger partial charge >= 0.3 is 0 Å². The molecule has 18 heavy (non-hydrogen) atoms. The maximum absolute atomic E-state index is 10.2. The van der Waals surface area contributed by atoms with E-state index in [1.807, 2.05) is 44.2 Å². The molecule has 0 spiro atoms. The minimum absolute atomic E-state index is 0.506. The van der Waals surface area contributed by atoms with Crippen molar-refractivity contribution < 1.29 is 5.11 Å². The second-order valence-electron chi connectivity index (χ2n) is 4.50. The summed E-state index contributed by atoms with van der Waals surface area (Å²) in [4.78, 5) is 4.29. The van der Waals surface area contributed by atoms with Gasteiger partial charge in [-0.3, -0.25) is 4.98 Å². The van der Waals surface area contributed by atoms with Crippen LogP contribution in [-0.4, -0.2) is 10.1 Å². The summed E-state index contributed by atoms with van der Waals surface area (Å²) in [5, 5.41) is 10.9. The highest BCUT2D eigenvalue weighted by atomic mass is 35.5. The van der Waals surface area contributed by atoms with E-state index in [2.05, 4.69) is 4.98 Å². The number of benzene rings is 1. The standard InChI is InChI=1S/C15H16ClNO/c1-10-5-6-12(8-13(10)16)15(18)9-14-11(2)4-3-7-17-14/h3-8,15,18H,9H2,1-2H3. The van der Waals surface area contributed by atoms with Crippen LogP contribution in [0.3, 0.4) is 0 Å². The lowest BCUT2D eigenvalue weighted by Gasteiger charge is -2.13. The minimum Gasteiger partial charge on any atom is -0.388 e. The summed E-state index contributed by atoms with van der Waals surface area (Å²) in [6, 6.07) is 9.54. The Morgan fingerprint density at radius 3 is 2.67 bits per heavy atom. The lowest BCUT2D eigenvalue weighted by Crippen LogP contribution is -2.05. The number of nitrogens with zero attached hydrogens (tertiary/aromatic N) is 1. The molecule has 2 nitrogen and oxygen atoms in total. The quantitative estimate of drug-likeness (QED) is 0.915. The number of halogens is 1. The molecule has 0 aliphatic heterocycles. The first kappa shape index (κ1) is 13.1. The molecule has 1 aromatic carbocycles. The number of hydrogen-bond acceptors (Lipinski definition) is 2. The second-order valence-corrected chi connectivity index (χ2v) is 4.90. The van der Waals surface area contributed by atoms with Crippen LogP contribution < -0.4 is 0 Å². The maximum atomic E-state index is 10.2. The SMILES string of the molecule is Cc1ccc(C(O)Cc2ncccc2C)cc1Cl. The topological polar surface area (TPSA) is 33.1 Å². The van der Waals surface area contributed by atoms with E-state index in [-0.39, 0.29) is 0 Å². The first-order valence-corrected chi connectivity index (χ1v) is 6.30. The largest absolute Gasteiger partial charge is 0.388 e. The average molecular weight is 262 g/mol. The zero-order valence-electron chi connectivity index (χ0n) is 10.5. The molecule has 2 aromatic rings. The number of aryl methyl sites for hydroxylation is 2. The molecule has 0 aliphatic carbocycles. The van der Waals surface area contributed by atoms with Crippen LogP contribution in [0.25, 0.3) is 0 Å². The molecule has 0 radical (unpaired) electrons. The molecule has 0 fully saturated rings. The molecule has 94 valence electrons. The molecular weight excluding hydrogens is 246 g/mol. The summed E-state index contributed by atoms with van der Waals surface area (Å²) < 4.78 is 0. The third kappa shape index (κ3) is 2.89. The van der Waals surface area contributed by atoms with Crippen molar-refractivity contribution in [2.45, 2.75) is 26.4 Å². The van der Waals surface area contributed by atoms with Crippen molar-refractivity contribution in [2.75, 3.05) is 0 Å². The molecule has 1 heterocycles. The van der Waals surface area contributed by atoms with Gasteiger partial charge in [-0.1, -0.05) is 29.8 Å². The van der Waals surface area contributed by atoms with Crippen molar-refractivity contribution in [1.82, 2.24) is 4.98 Å². The Morgan fingerprint density at radius 2 is 2.00 bits per heavy atom. The fraction of sp³-hybridized carbons (Fsp3) is 0.267. The smallest absolute Gasteiger partial charge is 0.0846 e. The van der Waals surface area contributed by atoms with Crippen LogP contribution in [0.4, 0.5) is 0 Å². The molecule has 0 bridgehead atoms. The van der Waals surface area contributed by atoms with Gasteiger partial charge in [0.05, 0.1) is 6.10 Å². The van der Waals surface area contributed by atoms with Crippen LogP contribution >= 0.6 is 11.6 Å². The predicted molar refractivity (Wildman–Crippen MR) is 73.8 cm³/mol. The molecule has 1 unspecified atom stereocenters. The fourth-order valence-corrected chi connectivity index (χ4v) is 2.04. The van der Waals surface area contributed by atoms with Crippen LogP contribution in [0.5, 0.6) is 0 Å². The van der Waals surface area contributed by atoms with Crippen LogP contribution in [0.1, 0.15) is 28.5 Å².